The Morgan fingerprint density at radius 1 is 1.33 bits per heavy atom. The van der Waals surface area contributed by atoms with Gasteiger partial charge in [0.05, 0.1) is 13.2 Å². The number of alkyl halides is 1. The molecule has 0 spiro atoms. The van der Waals surface area contributed by atoms with Crippen LogP contribution in [0.1, 0.15) is 27.2 Å². The minimum absolute atomic E-state index is 0.324. The molecule has 1 atom stereocenters. The first-order chi connectivity index (χ1) is 8.55. The van der Waals surface area contributed by atoms with Crippen molar-refractivity contribution >= 4 is 42.7 Å². The van der Waals surface area contributed by atoms with E-state index in [0.29, 0.717) is 13.2 Å². The Bertz CT molecular complexity index is 290. The van der Waals surface area contributed by atoms with Gasteiger partial charge >= 0.3 is 7.60 Å². The van der Waals surface area contributed by atoms with E-state index in [4.69, 9.17) is 20.6 Å². The van der Waals surface area contributed by atoms with Crippen LogP contribution in [-0.2, 0) is 13.6 Å². The van der Waals surface area contributed by atoms with Gasteiger partial charge in [0.2, 0.25) is 0 Å². The van der Waals surface area contributed by atoms with Crippen LogP contribution in [0.15, 0.2) is 10.3 Å². The molecule has 0 aliphatic rings. The molecule has 0 fully saturated rings. The van der Waals surface area contributed by atoms with E-state index in [1.54, 1.807) is 25.6 Å². The molecule has 0 saturated carbocycles. The molecule has 0 aliphatic carbocycles. The highest BCUT2D eigenvalue weighted by Gasteiger charge is 2.36. The molecule has 0 heterocycles. The largest absolute Gasteiger partial charge is 0.353 e. The summed E-state index contributed by atoms with van der Waals surface area (Å²) in [6.45, 7) is 6.32. The minimum Gasteiger partial charge on any atom is -0.308 e. The van der Waals surface area contributed by atoms with Gasteiger partial charge in [0, 0.05) is 4.91 Å². The van der Waals surface area contributed by atoms with Gasteiger partial charge in [0.1, 0.15) is 0 Å². The third-order valence-electron chi connectivity index (χ3n) is 1.89. The van der Waals surface area contributed by atoms with Crippen molar-refractivity contribution in [2.24, 2.45) is 0 Å². The Morgan fingerprint density at radius 3 is 2.28 bits per heavy atom. The summed E-state index contributed by atoms with van der Waals surface area (Å²) < 4.78 is 23.0. The second kappa shape index (κ2) is 10.6. The van der Waals surface area contributed by atoms with E-state index in [-0.39, 0.29) is 0 Å². The maximum absolute atomic E-state index is 12.5. The number of halogens is 1. The summed E-state index contributed by atoms with van der Waals surface area (Å²) in [7, 11) is -3.27. The Kier molecular flexibility index (Phi) is 11.2. The van der Waals surface area contributed by atoms with Crippen molar-refractivity contribution in [3.63, 3.8) is 0 Å². The number of thioether (sulfide) groups is 2. The van der Waals surface area contributed by atoms with Gasteiger partial charge in [-0.15, -0.1) is 35.1 Å². The molecule has 7 heteroatoms. The highest BCUT2D eigenvalue weighted by atomic mass is 35.5. The average molecular weight is 333 g/mol. The molecule has 0 bridgehead atoms. The topological polar surface area (TPSA) is 35.5 Å². The molecule has 0 saturated heterocycles. The van der Waals surface area contributed by atoms with Gasteiger partial charge in [0.25, 0.3) is 0 Å². The van der Waals surface area contributed by atoms with Crippen molar-refractivity contribution < 1.29 is 13.6 Å². The van der Waals surface area contributed by atoms with Gasteiger partial charge in [-0.2, -0.15) is 0 Å². The lowest BCUT2D eigenvalue weighted by atomic mass is 10.6. The normalized spacial score (nSPS) is 14.8. The van der Waals surface area contributed by atoms with E-state index < -0.39 is 12.7 Å². The lowest BCUT2D eigenvalue weighted by Crippen LogP contribution is -2.08. The van der Waals surface area contributed by atoms with Crippen LogP contribution in [-0.4, -0.2) is 30.3 Å². The number of allylic oxidation sites excluding steroid dienone is 1. The van der Waals surface area contributed by atoms with Crippen LogP contribution in [0, 0.1) is 0 Å². The lowest BCUT2D eigenvalue weighted by Gasteiger charge is -2.22. The molecule has 18 heavy (non-hydrogen) atoms. The molecule has 0 aromatic heterocycles. The SMILES string of the molecule is CCCS/C=C(\SC)C(Cl)P(=O)(OCC)OCC. The number of rotatable bonds is 10. The summed E-state index contributed by atoms with van der Waals surface area (Å²) in [5.41, 5.74) is 0. The molecule has 0 amide bonds. The molecule has 0 rings (SSSR count). The van der Waals surface area contributed by atoms with Crippen molar-refractivity contribution in [3.05, 3.63) is 10.3 Å². The highest BCUT2D eigenvalue weighted by Crippen LogP contribution is 2.58. The van der Waals surface area contributed by atoms with E-state index in [1.807, 2.05) is 11.7 Å². The van der Waals surface area contributed by atoms with E-state index in [9.17, 15) is 4.57 Å². The van der Waals surface area contributed by atoms with Gasteiger partial charge in [-0.05, 0) is 37.7 Å². The van der Waals surface area contributed by atoms with Gasteiger partial charge in [-0.3, -0.25) is 4.57 Å². The molecule has 3 nitrogen and oxygen atoms in total. The summed E-state index contributed by atoms with van der Waals surface area (Å²) in [5.74, 6) is 1.02. The summed E-state index contributed by atoms with van der Waals surface area (Å²) in [6.07, 6.45) is 3.00. The minimum atomic E-state index is -3.27. The number of hydrogen-bond donors (Lipinski definition) is 0. The van der Waals surface area contributed by atoms with E-state index in [0.717, 1.165) is 17.1 Å². The second-order valence-electron chi connectivity index (χ2n) is 3.31. The Balaban J connectivity index is 4.85. The second-order valence-corrected chi connectivity index (χ2v) is 8.02. The highest BCUT2D eigenvalue weighted by molar-refractivity contribution is 8.06. The molecular formula is C11H22ClO3PS2. The van der Waals surface area contributed by atoms with Crippen molar-refractivity contribution in [3.8, 4) is 0 Å². The predicted molar refractivity (Wildman–Crippen MR) is 84.8 cm³/mol. The summed E-state index contributed by atoms with van der Waals surface area (Å²) in [4.78, 5) is 0.834. The monoisotopic (exact) mass is 332 g/mol. The van der Waals surface area contributed by atoms with Crippen LogP contribution in [0.25, 0.3) is 0 Å². The van der Waals surface area contributed by atoms with Crippen LogP contribution in [0.3, 0.4) is 0 Å². The van der Waals surface area contributed by atoms with Crippen molar-refractivity contribution in [2.45, 2.75) is 32.3 Å². The van der Waals surface area contributed by atoms with Crippen molar-refractivity contribution in [1.29, 1.82) is 0 Å². The standard InChI is InChI=1S/C11H22ClO3PS2/c1-5-8-18-9-10(17-4)11(12)16(13,14-6-2)15-7-3/h9,11H,5-8H2,1-4H3/b10-9-. The zero-order valence-corrected chi connectivity index (χ0v) is 14.6. The van der Waals surface area contributed by atoms with Gasteiger partial charge in [0.15, 0.2) is 5.12 Å². The van der Waals surface area contributed by atoms with Gasteiger partial charge < -0.3 is 9.05 Å². The Morgan fingerprint density at radius 2 is 1.89 bits per heavy atom. The van der Waals surface area contributed by atoms with Gasteiger partial charge in [-0.1, -0.05) is 6.92 Å². The van der Waals surface area contributed by atoms with Gasteiger partial charge in [-0.25, -0.2) is 0 Å². The van der Waals surface area contributed by atoms with Crippen LogP contribution < -0.4 is 0 Å². The fourth-order valence-corrected chi connectivity index (χ4v) is 5.57. The van der Waals surface area contributed by atoms with Crippen molar-refractivity contribution in [1.82, 2.24) is 0 Å². The maximum atomic E-state index is 12.5. The zero-order valence-electron chi connectivity index (χ0n) is 11.3. The summed E-state index contributed by atoms with van der Waals surface area (Å²) >= 11 is 9.43. The van der Waals surface area contributed by atoms with Crippen LogP contribution in [0.2, 0.25) is 0 Å². The molecule has 0 aromatic rings. The smallest absolute Gasteiger partial charge is 0.308 e. The Hall–Kier alpha value is 0.880. The quantitative estimate of drug-likeness (QED) is 0.313. The molecule has 0 aromatic carbocycles. The fraction of sp³-hybridized carbons (Fsp3) is 0.818. The first-order valence-corrected chi connectivity index (χ1v) is 10.3. The summed E-state index contributed by atoms with van der Waals surface area (Å²) in [6, 6.07) is 0. The third kappa shape index (κ3) is 6.36. The molecule has 0 N–H and O–H groups in total. The molecule has 0 radical (unpaired) electrons. The molecule has 1 unspecified atom stereocenters. The van der Waals surface area contributed by atoms with Crippen LogP contribution >= 0.6 is 42.7 Å². The molecule has 0 aliphatic heterocycles. The fourth-order valence-electron chi connectivity index (χ4n) is 1.14. The van der Waals surface area contributed by atoms with Crippen LogP contribution in [0.5, 0.6) is 0 Å². The zero-order chi connectivity index (χ0) is 14.0. The molecule has 108 valence electrons. The molecular weight excluding hydrogens is 311 g/mol. The average Bonchev–Trinajstić information content (AvgIpc) is 2.34. The van der Waals surface area contributed by atoms with E-state index >= 15 is 0 Å². The van der Waals surface area contributed by atoms with E-state index in [1.165, 1.54) is 11.8 Å². The number of hydrogen-bond acceptors (Lipinski definition) is 5. The Labute approximate surface area is 124 Å². The van der Waals surface area contributed by atoms with Crippen molar-refractivity contribution in [2.75, 3.05) is 25.2 Å². The third-order valence-corrected chi connectivity index (χ3v) is 7.25. The van der Waals surface area contributed by atoms with Crippen LogP contribution in [0.4, 0.5) is 0 Å². The maximum Gasteiger partial charge on any atom is 0.353 e. The van der Waals surface area contributed by atoms with E-state index in [2.05, 4.69) is 6.92 Å². The first kappa shape index (κ1) is 18.9. The summed E-state index contributed by atoms with van der Waals surface area (Å²) in [5, 5.41) is 1.23. The lowest BCUT2D eigenvalue weighted by molar-refractivity contribution is 0.220. The predicted octanol–water partition coefficient (Wildman–Crippen LogP) is 5.17. The first-order valence-electron chi connectivity index (χ1n) is 5.94.